The number of hydrogen-bond acceptors (Lipinski definition) is 3. The van der Waals surface area contributed by atoms with Gasteiger partial charge in [0.15, 0.2) is 0 Å². The van der Waals surface area contributed by atoms with Crippen LogP contribution in [0.25, 0.3) is 0 Å². The Morgan fingerprint density at radius 2 is 1.96 bits per heavy atom. The van der Waals surface area contributed by atoms with E-state index >= 15 is 0 Å². The van der Waals surface area contributed by atoms with E-state index in [1.807, 2.05) is 27.7 Å². The first-order chi connectivity index (χ1) is 11.3. The molecule has 5 heteroatoms. The summed E-state index contributed by atoms with van der Waals surface area (Å²) in [5.41, 5.74) is 1.75. The van der Waals surface area contributed by atoms with Crippen molar-refractivity contribution >= 4 is 6.09 Å². The summed E-state index contributed by atoms with van der Waals surface area (Å²) in [4.78, 5) is 20.9. The van der Waals surface area contributed by atoms with Crippen molar-refractivity contribution in [1.29, 1.82) is 0 Å². The molecule has 1 heterocycles. The van der Waals surface area contributed by atoms with Crippen LogP contribution in [0.3, 0.4) is 0 Å². The SMILES string of the molecule is CCC(C)(NC(=O)OC(C)(C)C)c1nc2c([nH]1)C1CCC2(C)C1(C)C. The van der Waals surface area contributed by atoms with Crippen molar-refractivity contribution in [3.05, 3.63) is 17.2 Å². The van der Waals surface area contributed by atoms with Gasteiger partial charge in [-0.2, -0.15) is 0 Å². The first-order valence-corrected chi connectivity index (χ1v) is 9.46. The molecule has 0 aliphatic heterocycles. The Hall–Kier alpha value is -1.52. The average molecular weight is 348 g/mol. The lowest BCUT2D eigenvalue weighted by molar-refractivity contribution is 0.0453. The maximum absolute atomic E-state index is 12.3. The lowest BCUT2D eigenvalue weighted by atomic mass is 9.70. The monoisotopic (exact) mass is 347 g/mol. The maximum Gasteiger partial charge on any atom is 0.408 e. The van der Waals surface area contributed by atoms with Crippen LogP contribution in [0.2, 0.25) is 0 Å². The van der Waals surface area contributed by atoms with Crippen molar-refractivity contribution < 1.29 is 9.53 Å². The minimum absolute atomic E-state index is 0.113. The van der Waals surface area contributed by atoms with Crippen molar-refractivity contribution in [2.24, 2.45) is 5.41 Å². The molecule has 1 aromatic rings. The number of hydrogen-bond donors (Lipinski definition) is 2. The fraction of sp³-hybridized carbons (Fsp3) is 0.800. The number of nitrogens with zero attached hydrogens (tertiary/aromatic N) is 1. The summed E-state index contributed by atoms with van der Waals surface area (Å²) in [6.45, 7) is 16.8. The summed E-state index contributed by atoms with van der Waals surface area (Å²) in [7, 11) is 0. The van der Waals surface area contributed by atoms with E-state index < -0.39 is 17.2 Å². The number of H-pyrrole nitrogens is 1. The third kappa shape index (κ3) is 2.58. The zero-order chi connectivity index (χ0) is 18.8. The van der Waals surface area contributed by atoms with Gasteiger partial charge in [-0.15, -0.1) is 0 Å². The molecule has 1 amide bonds. The Morgan fingerprint density at radius 3 is 2.48 bits per heavy atom. The van der Waals surface area contributed by atoms with Gasteiger partial charge in [0.25, 0.3) is 0 Å². The van der Waals surface area contributed by atoms with Crippen LogP contribution in [-0.2, 0) is 15.7 Å². The molecule has 5 nitrogen and oxygen atoms in total. The van der Waals surface area contributed by atoms with Crippen LogP contribution in [-0.4, -0.2) is 21.7 Å². The van der Waals surface area contributed by atoms with Crippen LogP contribution >= 0.6 is 0 Å². The van der Waals surface area contributed by atoms with Crippen molar-refractivity contribution in [3.8, 4) is 0 Å². The zero-order valence-electron chi connectivity index (χ0n) is 17.0. The molecule has 0 spiro atoms. The Bertz CT molecular complexity index is 700. The predicted octanol–water partition coefficient (Wildman–Crippen LogP) is 4.73. The van der Waals surface area contributed by atoms with Crippen LogP contribution in [0.5, 0.6) is 0 Å². The number of alkyl carbamates (subject to hydrolysis) is 1. The van der Waals surface area contributed by atoms with Gasteiger partial charge in [0.2, 0.25) is 0 Å². The third-order valence-electron chi connectivity index (χ3n) is 6.84. The summed E-state index contributed by atoms with van der Waals surface area (Å²) >= 11 is 0. The van der Waals surface area contributed by atoms with Crippen molar-refractivity contribution in [3.63, 3.8) is 0 Å². The molecule has 3 atom stereocenters. The number of fused-ring (bicyclic) bond motifs is 5. The molecule has 3 rings (SSSR count). The average Bonchev–Trinajstić information content (AvgIpc) is 3.03. The van der Waals surface area contributed by atoms with Gasteiger partial charge in [0.1, 0.15) is 11.4 Å². The number of imidazole rings is 1. The van der Waals surface area contributed by atoms with Gasteiger partial charge >= 0.3 is 6.09 Å². The number of carbonyl (C=O) groups excluding carboxylic acids is 1. The van der Waals surface area contributed by atoms with E-state index in [0.717, 1.165) is 12.2 Å². The number of aromatic nitrogens is 2. The lowest BCUT2D eigenvalue weighted by Gasteiger charge is -2.35. The Kier molecular flexibility index (Phi) is 3.83. The normalized spacial score (nSPS) is 29.2. The van der Waals surface area contributed by atoms with Gasteiger partial charge in [0.05, 0.1) is 11.2 Å². The van der Waals surface area contributed by atoms with E-state index in [4.69, 9.17) is 9.72 Å². The summed E-state index contributed by atoms with van der Waals surface area (Å²) in [6.07, 6.45) is 2.73. The highest BCUT2D eigenvalue weighted by Gasteiger charge is 2.61. The molecule has 1 saturated carbocycles. The summed E-state index contributed by atoms with van der Waals surface area (Å²) in [5, 5.41) is 3.03. The third-order valence-corrected chi connectivity index (χ3v) is 6.84. The van der Waals surface area contributed by atoms with Gasteiger partial charge in [-0.1, -0.05) is 27.7 Å². The van der Waals surface area contributed by atoms with Crippen LogP contribution in [0.1, 0.15) is 97.8 Å². The van der Waals surface area contributed by atoms with Crippen molar-refractivity contribution in [1.82, 2.24) is 15.3 Å². The molecule has 0 saturated heterocycles. The molecular formula is C20H33N3O2. The standard InChI is InChI=1S/C20H33N3O2/c1-9-20(8,23-16(24)25-17(2,3)4)15-21-13-12-10-11-19(7,14(13)22-15)18(12,5)6/h12H,9-11H2,1-8H3,(H,21,22)(H,23,24). The topological polar surface area (TPSA) is 67.0 Å². The second kappa shape index (κ2) is 5.24. The van der Waals surface area contributed by atoms with Gasteiger partial charge in [0, 0.05) is 17.0 Å². The van der Waals surface area contributed by atoms with Gasteiger partial charge in [-0.25, -0.2) is 9.78 Å². The molecule has 2 N–H and O–H groups in total. The fourth-order valence-electron chi connectivity index (χ4n) is 4.59. The first kappa shape index (κ1) is 18.3. The van der Waals surface area contributed by atoms with Crippen LogP contribution in [0.4, 0.5) is 4.79 Å². The van der Waals surface area contributed by atoms with Gasteiger partial charge in [-0.3, -0.25) is 0 Å². The molecule has 0 aromatic carbocycles. The molecule has 1 fully saturated rings. The Morgan fingerprint density at radius 1 is 1.32 bits per heavy atom. The highest BCUT2D eigenvalue weighted by molar-refractivity contribution is 5.69. The Balaban J connectivity index is 1.90. The van der Waals surface area contributed by atoms with E-state index in [2.05, 4.69) is 38.0 Å². The molecule has 0 radical (unpaired) electrons. The number of rotatable bonds is 3. The van der Waals surface area contributed by atoms with E-state index in [1.165, 1.54) is 24.2 Å². The maximum atomic E-state index is 12.3. The molecule has 2 aliphatic carbocycles. The van der Waals surface area contributed by atoms with E-state index in [0.29, 0.717) is 5.92 Å². The van der Waals surface area contributed by atoms with E-state index in [-0.39, 0.29) is 10.8 Å². The van der Waals surface area contributed by atoms with Crippen molar-refractivity contribution in [2.75, 3.05) is 0 Å². The number of ether oxygens (including phenoxy) is 1. The van der Waals surface area contributed by atoms with E-state index in [9.17, 15) is 4.79 Å². The van der Waals surface area contributed by atoms with Gasteiger partial charge in [-0.05, 0) is 52.4 Å². The van der Waals surface area contributed by atoms with E-state index in [1.54, 1.807) is 0 Å². The zero-order valence-corrected chi connectivity index (χ0v) is 17.0. The van der Waals surface area contributed by atoms with Crippen molar-refractivity contribution in [2.45, 2.75) is 97.1 Å². The summed E-state index contributed by atoms with van der Waals surface area (Å²) in [6, 6.07) is 0. The molecular weight excluding hydrogens is 314 g/mol. The first-order valence-electron chi connectivity index (χ1n) is 9.46. The smallest absolute Gasteiger partial charge is 0.408 e. The molecule has 3 unspecified atom stereocenters. The quantitative estimate of drug-likeness (QED) is 0.830. The highest BCUT2D eigenvalue weighted by atomic mass is 16.6. The number of aromatic amines is 1. The van der Waals surface area contributed by atoms with Gasteiger partial charge < -0.3 is 15.0 Å². The second-order valence-corrected chi connectivity index (χ2v) is 9.81. The highest BCUT2D eigenvalue weighted by Crippen LogP contribution is 2.67. The largest absolute Gasteiger partial charge is 0.444 e. The molecule has 2 bridgehead atoms. The summed E-state index contributed by atoms with van der Waals surface area (Å²) in [5.74, 6) is 1.37. The predicted molar refractivity (Wildman–Crippen MR) is 98.7 cm³/mol. The van der Waals surface area contributed by atoms with Crippen LogP contribution < -0.4 is 5.32 Å². The molecule has 2 aliphatic rings. The number of amides is 1. The number of nitrogens with one attached hydrogen (secondary N) is 2. The van der Waals surface area contributed by atoms with Crippen LogP contribution in [0.15, 0.2) is 0 Å². The minimum Gasteiger partial charge on any atom is -0.444 e. The molecule has 25 heavy (non-hydrogen) atoms. The molecule has 140 valence electrons. The molecule has 1 aromatic heterocycles. The minimum atomic E-state index is -0.563. The fourth-order valence-corrected chi connectivity index (χ4v) is 4.59. The Labute approximate surface area is 151 Å². The number of carbonyl (C=O) groups is 1. The second-order valence-electron chi connectivity index (χ2n) is 9.81. The van der Waals surface area contributed by atoms with Crippen LogP contribution in [0, 0.1) is 5.41 Å². The lowest BCUT2D eigenvalue weighted by Crippen LogP contribution is -2.46. The summed E-state index contributed by atoms with van der Waals surface area (Å²) < 4.78 is 5.45.